The van der Waals surface area contributed by atoms with E-state index >= 15 is 0 Å². The Hall–Kier alpha value is -0.783. The highest BCUT2D eigenvalue weighted by Crippen LogP contribution is 2.38. The molecular formula is C16H27NO2SSi. The fourth-order valence-corrected chi connectivity index (χ4v) is 3.64. The number of hydrogen-bond acceptors (Lipinski definition) is 4. The first-order valence-electron chi connectivity index (χ1n) is 7.28. The molecule has 0 saturated heterocycles. The van der Waals surface area contributed by atoms with Crippen LogP contribution in [0.25, 0.3) is 6.08 Å². The SMILES string of the molecule is CC(=Cc1csc(C)n1)C(CC=O)O[Si](C)(C)C(C)(C)C. The molecule has 0 radical (unpaired) electrons. The van der Waals surface area contributed by atoms with Crippen molar-refractivity contribution in [2.45, 2.75) is 65.3 Å². The average Bonchev–Trinajstić information content (AvgIpc) is 2.72. The van der Waals surface area contributed by atoms with E-state index in [-0.39, 0.29) is 11.1 Å². The second kappa shape index (κ2) is 6.98. The first-order chi connectivity index (χ1) is 9.56. The van der Waals surface area contributed by atoms with E-state index in [9.17, 15) is 4.79 Å². The Bertz CT molecular complexity index is 515. The van der Waals surface area contributed by atoms with Gasteiger partial charge in [0.25, 0.3) is 0 Å². The zero-order valence-electron chi connectivity index (χ0n) is 14.2. The van der Waals surface area contributed by atoms with E-state index in [2.05, 4.69) is 38.8 Å². The number of aryl methyl sites for hydroxylation is 1. The van der Waals surface area contributed by atoms with Crippen LogP contribution in [0.2, 0.25) is 18.1 Å². The summed E-state index contributed by atoms with van der Waals surface area (Å²) in [4.78, 5) is 15.5. The van der Waals surface area contributed by atoms with Gasteiger partial charge in [0, 0.05) is 11.8 Å². The Morgan fingerprint density at radius 3 is 2.52 bits per heavy atom. The lowest BCUT2D eigenvalue weighted by Gasteiger charge is -2.39. The number of thiazole rings is 1. The van der Waals surface area contributed by atoms with Crippen molar-refractivity contribution in [3.8, 4) is 0 Å². The molecule has 0 saturated carbocycles. The van der Waals surface area contributed by atoms with Gasteiger partial charge in [-0.05, 0) is 43.6 Å². The van der Waals surface area contributed by atoms with Crippen molar-refractivity contribution in [2.24, 2.45) is 0 Å². The molecule has 0 bridgehead atoms. The molecule has 0 aliphatic carbocycles. The highest BCUT2D eigenvalue weighted by molar-refractivity contribution is 7.09. The van der Waals surface area contributed by atoms with Crippen LogP contribution in [0.4, 0.5) is 0 Å². The van der Waals surface area contributed by atoms with Gasteiger partial charge in [-0.1, -0.05) is 20.8 Å². The largest absolute Gasteiger partial charge is 0.410 e. The van der Waals surface area contributed by atoms with Crippen molar-refractivity contribution >= 4 is 32.0 Å². The van der Waals surface area contributed by atoms with Crippen LogP contribution in [0.15, 0.2) is 11.0 Å². The summed E-state index contributed by atoms with van der Waals surface area (Å²) < 4.78 is 6.40. The van der Waals surface area contributed by atoms with E-state index in [1.54, 1.807) is 11.3 Å². The fourth-order valence-electron chi connectivity index (χ4n) is 1.72. The molecule has 118 valence electrons. The highest BCUT2D eigenvalue weighted by Gasteiger charge is 2.39. The molecule has 5 heteroatoms. The van der Waals surface area contributed by atoms with Gasteiger partial charge < -0.3 is 9.22 Å². The molecule has 1 aromatic rings. The molecule has 0 spiro atoms. The standard InChI is InChI=1S/C16H27NO2SSi/c1-12(10-14-11-20-13(2)17-14)15(8-9-18)19-21(6,7)16(3,4)5/h9-11,15H,8H2,1-7H3. The Labute approximate surface area is 133 Å². The molecular weight excluding hydrogens is 298 g/mol. The molecule has 0 fully saturated rings. The molecule has 3 nitrogen and oxygen atoms in total. The third-order valence-corrected chi connectivity index (χ3v) is 9.35. The minimum Gasteiger partial charge on any atom is -0.410 e. The van der Waals surface area contributed by atoms with Crippen molar-refractivity contribution in [3.05, 3.63) is 21.7 Å². The van der Waals surface area contributed by atoms with Crippen molar-refractivity contribution in [2.75, 3.05) is 0 Å². The van der Waals surface area contributed by atoms with Crippen molar-refractivity contribution in [1.82, 2.24) is 4.98 Å². The van der Waals surface area contributed by atoms with E-state index in [4.69, 9.17) is 4.43 Å². The van der Waals surface area contributed by atoms with Crippen LogP contribution in [0.5, 0.6) is 0 Å². The molecule has 0 aliphatic heterocycles. The predicted molar refractivity (Wildman–Crippen MR) is 93.3 cm³/mol. The second-order valence-electron chi connectivity index (χ2n) is 6.95. The maximum absolute atomic E-state index is 11.0. The molecule has 0 N–H and O–H groups in total. The monoisotopic (exact) mass is 325 g/mol. The van der Waals surface area contributed by atoms with E-state index < -0.39 is 8.32 Å². The molecule has 0 aliphatic rings. The zero-order valence-corrected chi connectivity index (χ0v) is 16.0. The lowest BCUT2D eigenvalue weighted by molar-refractivity contribution is -0.109. The minimum absolute atomic E-state index is 0.131. The van der Waals surface area contributed by atoms with Crippen molar-refractivity contribution in [3.63, 3.8) is 0 Å². The second-order valence-corrected chi connectivity index (χ2v) is 12.8. The van der Waals surface area contributed by atoms with Crippen LogP contribution < -0.4 is 0 Å². The van der Waals surface area contributed by atoms with Gasteiger partial charge in [-0.25, -0.2) is 4.98 Å². The predicted octanol–water partition coefficient (Wildman–Crippen LogP) is 4.83. The summed E-state index contributed by atoms with van der Waals surface area (Å²) in [5, 5.41) is 3.21. The van der Waals surface area contributed by atoms with Gasteiger partial charge in [0.05, 0.1) is 16.8 Å². The molecule has 1 unspecified atom stereocenters. The molecule has 1 heterocycles. The van der Waals surface area contributed by atoms with Gasteiger partial charge in [-0.3, -0.25) is 0 Å². The van der Waals surface area contributed by atoms with Gasteiger partial charge in [0.2, 0.25) is 0 Å². The van der Waals surface area contributed by atoms with E-state index in [1.807, 2.05) is 25.3 Å². The van der Waals surface area contributed by atoms with E-state index in [0.29, 0.717) is 6.42 Å². The molecule has 1 rings (SSSR count). The molecule has 0 amide bonds. The Morgan fingerprint density at radius 1 is 1.48 bits per heavy atom. The number of rotatable bonds is 6. The molecule has 0 aromatic carbocycles. The number of carbonyl (C=O) groups is 1. The Kier molecular flexibility index (Phi) is 6.08. The van der Waals surface area contributed by atoms with Crippen LogP contribution in [0.1, 0.15) is 44.8 Å². The molecule has 21 heavy (non-hydrogen) atoms. The number of carbonyl (C=O) groups excluding carboxylic acids is 1. The summed E-state index contributed by atoms with van der Waals surface area (Å²) >= 11 is 1.63. The van der Waals surface area contributed by atoms with Crippen LogP contribution in [0, 0.1) is 6.92 Å². The Morgan fingerprint density at radius 2 is 2.10 bits per heavy atom. The normalized spacial score (nSPS) is 15.1. The van der Waals surface area contributed by atoms with Gasteiger partial charge >= 0.3 is 0 Å². The first-order valence-corrected chi connectivity index (χ1v) is 11.1. The smallest absolute Gasteiger partial charge is 0.192 e. The topological polar surface area (TPSA) is 39.2 Å². The first kappa shape index (κ1) is 18.3. The third-order valence-electron chi connectivity index (χ3n) is 4.07. The summed E-state index contributed by atoms with van der Waals surface area (Å²) in [5.41, 5.74) is 2.02. The number of aromatic nitrogens is 1. The quantitative estimate of drug-likeness (QED) is 0.555. The van der Waals surface area contributed by atoms with Gasteiger partial charge in [-0.15, -0.1) is 11.3 Å². The average molecular weight is 326 g/mol. The summed E-state index contributed by atoms with van der Waals surface area (Å²) in [6.45, 7) is 15.1. The van der Waals surface area contributed by atoms with E-state index in [1.165, 1.54) is 0 Å². The molecule has 1 aromatic heterocycles. The third kappa shape index (κ3) is 5.16. The summed E-state index contributed by atoms with van der Waals surface area (Å²) in [5.74, 6) is 0. The van der Waals surface area contributed by atoms with Crippen molar-refractivity contribution < 1.29 is 9.22 Å². The summed E-state index contributed by atoms with van der Waals surface area (Å²) in [6, 6.07) is 0. The number of hydrogen-bond donors (Lipinski definition) is 0. The van der Waals surface area contributed by atoms with Gasteiger partial charge in [0.1, 0.15) is 6.29 Å². The lowest BCUT2D eigenvalue weighted by Crippen LogP contribution is -2.44. The number of aldehydes is 1. The number of nitrogens with zero attached hydrogens (tertiary/aromatic N) is 1. The molecule has 1 atom stereocenters. The minimum atomic E-state index is -1.90. The van der Waals surface area contributed by atoms with E-state index in [0.717, 1.165) is 22.6 Å². The van der Waals surface area contributed by atoms with Crippen LogP contribution in [-0.4, -0.2) is 25.7 Å². The van der Waals surface area contributed by atoms with Gasteiger partial charge in [0.15, 0.2) is 8.32 Å². The van der Waals surface area contributed by atoms with Gasteiger partial charge in [-0.2, -0.15) is 0 Å². The Balaban J connectivity index is 2.96. The highest BCUT2D eigenvalue weighted by atomic mass is 32.1. The summed E-state index contributed by atoms with van der Waals surface area (Å²) in [6.07, 6.45) is 3.23. The van der Waals surface area contributed by atoms with Crippen molar-refractivity contribution in [1.29, 1.82) is 0 Å². The maximum Gasteiger partial charge on any atom is 0.192 e. The summed E-state index contributed by atoms with van der Waals surface area (Å²) in [7, 11) is -1.90. The van der Waals surface area contributed by atoms with Crippen LogP contribution >= 0.6 is 11.3 Å². The van der Waals surface area contributed by atoms with Crippen LogP contribution in [-0.2, 0) is 9.22 Å². The fraction of sp³-hybridized carbons (Fsp3) is 0.625. The maximum atomic E-state index is 11.0. The zero-order chi connectivity index (χ0) is 16.3. The lowest BCUT2D eigenvalue weighted by atomic mass is 10.1. The van der Waals surface area contributed by atoms with Crippen LogP contribution in [0.3, 0.4) is 0 Å².